The van der Waals surface area contributed by atoms with Gasteiger partial charge in [-0.1, -0.05) is 147 Å². The Morgan fingerprint density at radius 3 is 1.78 bits per heavy atom. The number of nitrogens with zero attached hydrogens (tertiary/aromatic N) is 1. The number of methoxy groups -OCH3 is 1. The highest BCUT2D eigenvalue weighted by molar-refractivity contribution is 6.07. The monoisotopic (exact) mass is 663 g/mol. The summed E-state index contributed by atoms with van der Waals surface area (Å²) in [6.07, 6.45) is 6.16. The molecule has 0 spiro atoms. The van der Waals surface area contributed by atoms with E-state index in [1.807, 2.05) is 0 Å². The van der Waals surface area contributed by atoms with Crippen molar-refractivity contribution in [3.8, 4) is 16.9 Å². The molecule has 1 unspecified atom stereocenters. The molecule has 0 saturated heterocycles. The van der Waals surface area contributed by atoms with Gasteiger partial charge in [0.05, 0.1) is 12.5 Å². The average Bonchev–Trinajstić information content (AvgIpc) is 3.48. The minimum Gasteiger partial charge on any atom is -0.496 e. The Morgan fingerprint density at radius 1 is 0.549 bits per heavy atom. The molecule has 51 heavy (non-hydrogen) atoms. The van der Waals surface area contributed by atoms with E-state index in [2.05, 4.69) is 176 Å². The minimum atomic E-state index is -0.578. The lowest BCUT2D eigenvalue weighted by molar-refractivity contribution is 0.419. The molecule has 0 fully saturated rings. The number of para-hydroxylation sites is 2. The normalized spacial score (nSPS) is 14.6. The van der Waals surface area contributed by atoms with E-state index in [-0.39, 0.29) is 0 Å². The van der Waals surface area contributed by atoms with Crippen molar-refractivity contribution in [3.63, 3.8) is 0 Å². The Hall–Kier alpha value is -5.60. The van der Waals surface area contributed by atoms with Crippen molar-refractivity contribution < 1.29 is 4.74 Å². The molecule has 8 rings (SSSR count). The van der Waals surface area contributed by atoms with E-state index in [9.17, 15) is 0 Å². The fraction of sp³-hybridized carbons (Fsp3) is 0.184. The molecule has 0 aliphatic heterocycles. The summed E-state index contributed by atoms with van der Waals surface area (Å²) in [6, 6.07) is 58.3. The van der Waals surface area contributed by atoms with Crippen LogP contribution in [0.1, 0.15) is 66.0 Å². The van der Waals surface area contributed by atoms with Crippen LogP contribution in [-0.2, 0) is 11.8 Å². The fourth-order valence-electron chi connectivity index (χ4n) is 8.31. The van der Waals surface area contributed by atoms with Gasteiger partial charge in [-0.3, -0.25) is 0 Å². The zero-order chi connectivity index (χ0) is 34.8. The second-order valence-corrected chi connectivity index (χ2v) is 13.9. The highest BCUT2D eigenvalue weighted by Gasteiger charge is 2.47. The quantitative estimate of drug-likeness (QED) is 0.128. The van der Waals surface area contributed by atoms with Gasteiger partial charge in [-0.2, -0.15) is 0 Å². The van der Waals surface area contributed by atoms with Crippen molar-refractivity contribution in [2.45, 2.75) is 51.4 Å². The third-order valence-electron chi connectivity index (χ3n) is 10.8. The van der Waals surface area contributed by atoms with Crippen LogP contribution in [0, 0.1) is 6.92 Å². The molecule has 1 aliphatic carbocycles. The first-order valence-electron chi connectivity index (χ1n) is 18.5. The van der Waals surface area contributed by atoms with Crippen molar-refractivity contribution in [1.29, 1.82) is 0 Å². The molecule has 2 heteroatoms. The van der Waals surface area contributed by atoms with E-state index in [1.54, 1.807) is 7.11 Å². The Bertz CT molecular complexity index is 2230. The fourth-order valence-corrected chi connectivity index (χ4v) is 8.31. The number of fused-ring (bicyclic) bond motifs is 5. The van der Waals surface area contributed by atoms with Crippen LogP contribution in [0.4, 0.5) is 17.1 Å². The van der Waals surface area contributed by atoms with E-state index in [0.29, 0.717) is 0 Å². The molecular formula is C49H45NO. The standard InChI is InChI=1S/C49H45NO/c1-4-5-6-9-16-36-25-29-38(30-26-36)49(37-27-23-35(2)24-28-37)45-33-41(50(39-17-10-7-11-18-39)40-19-12-8-13-20-40)31-32-44(45)48-43-22-15-14-21-42(43)47(51-3)34-46(48)49/h7-8,10-15,17-34H,4-6,9,16H2,1-3H3. The Labute approximate surface area is 303 Å². The van der Waals surface area contributed by atoms with Crippen molar-refractivity contribution in [1.82, 2.24) is 0 Å². The van der Waals surface area contributed by atoms with E-state index in [1.165, 1.54) is 75.6 Å². The number of hydrogen-bond donors (Lipinski definition) is 0. The number of aryl methyl sites for hydroxylation is 2. The highest BCUT2D eigenvalue weighted by atomic mass is 16.5. The lowest BCUT2D eigenvalue weighted by Crippen LogP contribution is -2.29. The van der Waals surface area contributed by atoms with E-state index < -0.39 is 5.41 Å². The molecule has 0 aromatic heterocycles. The predicted octanol–water partition coefficient (Wildman–Crippen LogP) is 13.1. The topological polar surface area (TPSA) is 12.5 Å². The number of hydrogen-bond acceptors (Lipinski definition) is 2. The molecule has 2 nitrogen and oxygen atoms in total. The summed E-state index contributed by atoms with van der Waals surface area (Å²) in [6.45, 7) is 4.45. The van der Waals surface area contributed by atoms with Crippen LogP contribution in [0.2, 0.25) is 0 Å². The molecular weight excluding hydrogens is 619 g/mol. The summed E-state index contributed by atoms with van der Waals surface area (Å²) in [5.74, 6) is 0.900. The van der Waals surface area contributed by atoms with Crippen molar-refractivity contribution >= 4 is 27.8 Å². The van der Waals surface area contributed by atoms with Gasteiger partial charge in [-0.05, 0) is 107 Å². The van der Waals surface area contributed by atoms with Crippen LogP contribution in [0.25, 0.3) is 21.9 Å². The molecule has 0 bridgehead atoms. The first kappa shape index (κ1) is 32.6. The second kappa shape index (κ2) is 14.0. The molecule has 0 heterocycles. The third-order valence-corrected chi connectivity index (χ3v) is 10.8. The summed E-state index contributed by atoms with van der Waals surface area (Å²) in [5, 5.41) is 2.34. The molecule has 0 saturated carbocycles. The molecule has 7 aromatic rings. The van der Waals surface area contributed by atoms with E-state index >= 15 is 0 Å². The Morgan fingerprint density at radius 2 is 1.16 bits per heavy atom. The maximum Gasteiger partial charge on any atom is 0.127 e. The Balaban J connectivity index is 1.43. The van der Waals surface area contributed by atoms with Crippen LogP contribution >= 0.6 is 0 Å². The van der Waals surface area contributed by atoms with Crippen LogP contribution in [-0.4, -0.2) is 7.11 Å². The molecule has 0 radical (unpaired) electrons. The molecule has 7 aromatic carbocycles. The molecule has 0 N–H and O–H groups in total. The number of benzene rings is 7. The van der Waals surface area contributed by atoms with Gasteiger partial charge < -0.3 is 9.64 Å². The second-order valence-electron chi connectivity index (χ2n) is 13.9. The first-order valence-corrected chi connectivity index (χ1v) is 18.5. The smallest absolute Gasteiger partial charge is 0.127 e. The zero-order valence-corrected chi connectivity index (χ0v) is 29.9. The summed E-state index contributed by atoms with van der Waals surface area (Å²) in [4.78, 5) is 2.38. The van der Waals surface area contributed by atoms with Gasteiger partial charge in [0.2, 0.25) is 0 Å². The Kier molecular flexibility index (Phi) is 8.92. The summed E-state index contributed by atoms with van der Waals surface area (Å²) in [7, 11) is 1.80. The predicted molar refractivity (Wildman–Crippen MR) is 215 cm³/mol. The summed E-state index contributed by atoms with van der Waals surface area (Å²) >= 11 is 0. The van der Waals surface area contributed by atoms with Crippen LogP contribution in [0.3, 0.4) is 0 Å². The molecule has 1 atom stereocenters. The van der Waals surface area contributed by atoms with Gasteiger partial charge in [0.15, 0.2) is 0 Å². The SMILES string of the molecule is CCCCCCc1ccc(C2(c3ccc(C)cc3)c3cc(N(c4ccccc4)c4ccccc4)ccc3-c3c2cc(OC)c2ccccc32)cc1. The first-order chi connectivity index (χ1) is 25.1. The average molecular weight is 664 g/mol. The number of rotatable bonds is 11. The van der Waals surface area contributed by atoms with Crippen LogP contribution in [0.5, 0.6) is 5.75 Å². The number of anilines is 3. The van der Waals surface area contributed by atoms with Crippen LogP contribution in [0.15, 0.2) is 158 Å². The van der Waals surface area contributed by atoms with Gasteiger partial charge in [0.25, 0.3) is 0 Å². The van der Waals surface area contributed by atoms with Gasteiger partial charge in [-0.25, -0.2) is 0 Å². The summed E-state index contributed by atoms with van der Waals surface area (Å²) < 4.78 is 6.19. The lowest BCUT2D eigenvalue weighted by atomic mass is 9.67. The molecule has 1 aliphatic rings. The van der Waals surface area contributed by atoms with E-state index in [0.717, 1.165) is 34.6 Å². The van der Waals surface area contributed by atoms with E-state index in [4.69, 9.17) is 4.74 Å². The third kappa shape index (κ3) is 5.69. The number of unbranched alkanes of at least 4 members (excludes halogenated alkanes) is 3. The largest absolute Gasteiger partial charge is 0.496 e. The lowest BCUT2D eigenvalue weighted by Gasteiger charge is -2.35. The van der Waals surface area contributed by atoms with Crippen molar-refractivity contribution in [2.75, 3.05) is 12.0 Å². The maximum absolute atomic E-state index is 6.19. The van der Waals surface area contributed by atoms with Crippen molar-refractivity contribution in [2.24, 2.45) is 0 Å². The minimum absolute atomic E-state index is 0.578. The van der Waals surface area contributed by atoms with Crippen LogP contribution < -0.4 is 9.64 Å². The highest BCUT2D eigenvalue weighted by Crippen LogP contribution is 2.60. The zero-order valence-electron chi connectivity index (χ0n) is 29.9. The maximum atomic E-state index is 6.19. The van der Waals surface area contributed by atoms with Crippen molar-refractivity contribution in [3.05, 3.63) is 191 Å². The molecule has 0 amide bonds. The number of ether oxygens (including phenoxy) is 1. The van der Waals surface area contributed by atoms with Gasteiger partial charge >= 0.3 is 0 Å². The van der Waals surface area contributed by atoms with Gasteiger partial charge in [0.1, 0.15) is 5.75 Å². The van der Waals surface area contributed by atoms with Gasteiger partial charge in [0, 0.05) is 22.4 Å². The molecule has 252 valence electrons. The van der Waals surface area contributed by atoms with Gasteiger partial charge in [-0.15, -0.1) is 0 Å². The summed E-state index contributed by atoms with van der Waals surface area (Å²) in [5.41, 5.74) is 13.1.